The summed E-state index contributed by atoms with van der Waals surface area (Å²) in [7, 11) is 1.52. The Bertz CT molecular complexity index is 1570. The molecule has 5 aliphatic rings. The Morgan fingerprint density at radius 2 is 1.72 bits per heavy atom. The van der Waals surface area contributed by atoms with Crippen molar-refractivity contribution in [1.82, 2.24) is 0 Å². The summed E-state index contributed by atoms with van der Waals surface area (Å²) >= 11 is 3.39. The Balaban J connectivity index is 1.10. The summed E-state index contributed by atoms with van der Waals surface area (Å²) in [6, 6.07) is 7.14. The van der Waals surface area contributed by atoms with Crippen LogP contribution < -0.4 is 5.32 Å². The number of hydrogen-bond acceptors (Lipinski definition) is 11. The Labute approximate surface area is 346 Å². The first-order chi connectivity index (χ1) is 26.8. The maximum Gasteiger partial charge on any atom is 0.411 e. The zero-order chi connectivity index (χ0) is 41.7. The van der Waals surface area contributed by atoms with E-state index in [0.29, 0.717) is 31.4 Å². The molecule has 5 aliphatic heterocycles. The predicted octanol–water partition coefficient (Wildman–Crippen LogP) is 7.29. The van der Waals surface area contributed by atoms with Crippen LogP contribution in [0, 0.1) is 35.5 Å². The molecule has 322 valence electrons. The Morgan fingerprint density at radius 1 is 1.02 bits per heavy atom. The number of aliphatic carboxylic acids is 1. The van der Waals surface area contributed by atoms with Gasteiger partial charge in [0.15, 0.2) is 5.79 Å². The number of methoxy groups -OCH3 is 1. The fourth-order valence-electron chi connectivity index (χ4n) is 10.8. The lowest BCUT2D eigenvalue weighted by Gasteiger charge is -2.49. The highest BCUT2D eigenvalue weighted by molar-refractivity contribution is 9.10. The number of aliphatic hydroxyl groups is 2. The predicted molar refractivity (Wildman–Crippen MR) is 214 cm³/mol. The van der Waals surface area contributed by atoms with Crippen LogP contribution in [-0.4, -0.2) is 107 Å². The second-order valence-electron chi connectivity index (χ2n) is 18.3. The van der Waals surface area contributed by atoms with Crippen LogP contribution in [0.25, 0.3) is 0 Å². The highest BCUT2D eigenvalue weighted by atomic mass is 79.9. The van der Waals surface area contributed by atoms with Gasteiger partial charge in [0.25, 0.3) is 0 Å². The van der Waals surface area contributed by atoms with Gasteiger partial charge in [0, 0.05) is 47.9 Å². The summed E-state index contributed by atoms with van der Waals surface area (Å²) in [5, 5.41) is 35.6. The van der Waals surface area contributed by atoms with E-state index in [2.05, 4.69) is 48.9 Å². The van der Waals surface area contributed by atoms with Gasteiger partial charge in [-0.25, -0.2) is 4.79 Å². The van der Waals surface area contributed by atoms with Crippen LogP contribution in [0.1, 0.15) is 107 Å². The average Bonchev–Trinajstić information content (AvgIpc) is 3.88. The molecule has 0 aromatic heterocycles. The number of rotatable bonds is 12. The summed E-state index contributed by atoms with van der Waals surface area (Å²) in [4.78, 5) is 24.6. The van der Waals surface area contributed by atoms with E-state index < -0.39 is 65.2 Å². The van der Waals surface area contributed by atoms with Gasteiger partial charge < -0.3 is 48.5 Å². The molecule has 13 nitrogen and oxygen atoms in total. The molecule has 0 bridgehead atoms. The molecule has 14 heteroatoms. The molecule has 17 atom stereocenters. The third kappa shape index (κ3) is 8.96. The van der Waals surface area contributed by atoms with E-state index in [1.165, 1.54) is 7.11 Å². The zero-order valence-corrected chi connectivity index (χ0v) is 36.7. The van der Waals surface area contributed by atoms with Crippen molar-refractivity contribution in [3.63, 3.8) is 0 Å². The van der Waals surface area contributed by atoms with E-state index in [0.717, 1.165) is 30.2 Å². The van der Waals surface area contributed by atoms with Crippen molar-refractivity contribution >= 4 is 33.7 Å². The maximum atomic E-state index is 12.7. The number of ether oxygens (including phenoxy) is 7. The normalized spacial score (nSPS) is 43.8. The highest BCUT2D eigenvalue weighted by Crippen LogP contribution is 2.55. The standard InChI is InChI=1S/C43H66BrNO12/c1-10-41(16-15-33(54-41)40(8)17-18-42(57-40)21-31(46)26(5)36(55-42)27(6)35(51-9)28(7)38(47)48)37-24(3)20-32(53-37)34-23(2)19-25(4)43(50,56-34)22-52-39(49)45-30-13-11-29(44)12-14-30/h11-14,23-28,31-37,46,50H,10,15-22H2,1-9H3,(H,45,49)(H,47,48)/t23-,24-,25+,26+,27-,28+,31-,32+,33+,34-,35+,36-,37+,40-,41-,42+,43-/m0/s1. The van der Waals surface area contributed by atoms with Crippen molar-refractivity contribution in [3.8, 4) is 0 Å². The van der Waals surface area contributed by atoms with E-state index in [4.69, 9.17) is 33.2 Å². The number of nitrogens with one attached hydrogen (secondary N) is 1. The minimum Gasteiger partial charge on any atom is -0.481 e. The first-order valence-corrected chi connectivity index (χ1v) is 21.8. The van der Waals surface area contributed by atoms with Crippen molar-refractivity contribution < 1.29 is 58.1 Å². The lowest BCUT2D eigenvalue weighted by molar-refractivity contribution is -0.336. The third-order valence-electron chi connectivity index (χ3n) is 14.3. The fourth-order valence-corrected chi connectivity index (χ4v) is 11.0. The molecule has 5 saturated heterocycles. The lowest BCUT2D eigenvalue weighted by atomic mass is 9.78. The second kappa shape index (κ2) is 17.2. The summed E-state index contributed by atoms with van der Waals surface area (Å²) in [5.41, 5.74) is -0.668. The quantitative estimate of drug-likeness (QED) is 0.166. The first-order valence-electron chi connectivity index (χ1n) is 21.0. The van der Waals surface area contributed by atoms with E-state index in [1.807, 2.05) is 32.9 Å². The molecule has 0 unspecified atom stereocenters. The third-order valence-corrected chi connectivity index (χ3v) is 14.8. The monoisotopic (exact) mass is 867 g/mol. The van der Waals surface area contributed by atoms with Crippen LogP contribution in [0.2, 0.25) is 0 Å². The number of carbonyl (C=O) groups is 2. The Hall–Kier alpha value is -1.88. The van der Waals surface area contributed by atoms with Crippen molar-refractivity contribution in [2.75, 3.05) is 19.0 Å². The summed E-state index contributed by atoms with van der Waals surface area (Å²) in [5.74, 6) is -4.99. The maximum absolute atomic E-state index is 12.7. The molecule has 6 rings (SSSR count). The molecule has 5 fully saturated rings. The minimum atomic E-state index is -1.68. The number of carbonyl (C=O) groups excluding carboxylic acids is 1. The van der Waals surface area contributed by atoms with Crippen LogP contribution >= 0.6 is 15.9 Å². The van der Waals surface area contributed by atoms with Crippen molar-refractivity contribution in [1.29, 1.82) is 0 Å². The van der Waals surface area contributed by atoms with Gasteiger partial charge in [-0.2, -0.15) is 0 Å². The van der Waals surface area contributed by atoms with E-state index in [1.54, 1.807) is 19.1 Å². The van der Waals surface area contributed by atoms with Gasteiger partial charge >= 0.3 is 12.1 Å². The minimum absolute atomic E-state index is 0.0937. The highest BCUT2D eigenvalue weighted by Gasteiger charge is 2.62. The first kappa shape index (κ1) is 44.7. The largest absolute Gasteiger partial charge is 0.481 e. The molecule has 1 aromatic carbocycles. The summed E-state index contributed by atoms with van der Waals surface area (Å²) in [6.45, 7) is 15.6. The average molecular weight is 869 g/mol. The van der Waals surface area contributed by atoms with Crippen LogP contribution in [0.5, 0.6) is 0 Å². The summed E-state index contributed by atoms with van der Waals surface area (Å²) in [6.07, 6.45) is 1.67. The molecule has 4 N–H and O–H groups in total. The molecular weight excluding hydrogens is 802 g/mol. The molecule has 0 aliphatic carbocycles. The molecular formula is C43H66BrNO12. The lowest BCUT2D eigenvalue weighted by Crippen LogP contribution is -2.57. The van der Waals surface area contributed by atoms with Gasteiger partial charge in [-0.05, 0) is 88.5 Å². The van der Waals surface area contributed by atoms with E-state index in [9.17, 15) is 24.9 Å². The van der Waals surface area contributed by atoms with Crippen molar-refractivity contribution in [2.24, 2.45) is 35.5 Å². The SMILES string of the molecule is CC[C@@]1([C@@H]2O[C@@H]([C@H]3O[C@@](O)(COC(=O)Nc4ccc(Br)cc4)[C@H](C)C[C@@H]3C)C[C@@H]2C)CC[C@H]([C@]2(C)CC[C@]3(C[C@H](O)[C@@H](C)[C@@H]([C@@H](C)[C@@H](OC)[C@@H](C)C(=O)O)O3)O2)O1. The van der Waals surface area contributed by atoms with Gasteiger partial charge in [-0.15, -0.1) is 0 Å². The number of aliphatic hydroxyl groups excluding tert-OH is 1. The topological polar surface area (TPSA) is 171 Å². The van der Waals surface area contributed by atoms with Crippen LogP contribution in [-0.2, 0) is 38.0 Å². The Morgan fingerprint density at radius 3 is 2.37 bits per heavy atom. The molecule has 1 amide bonds. The van der Waals surface area contributed by atoms with Gasteiger partial charge in [0.1, 0.15) is 6.61 Å². The number of hydrogen-bond donors (Lipinski definition) is 4. The Kier molecular flexibility index (Phi) is 13.5. The number of carboxylic acids is 1. The molecule has 5 heterocycles. The molecule has 1 spiro atoms. The molecule has 57 heavy (non-hydrogen) atoms. The van der Waals surface area contributed by atoms with Gasteiger partial charge in [0.05, 0.1) is 59.8 Å². The van der Waals surface area contributed by atoms with E-state index in [-0.39, 0.29) is 54.5 Å². The van der Waals surface area contributed by atoms with Gasteiger partial charge in [-0.1, -0.05) is 57.5 Å². The fraction of sp³-hybridized carbons (Fsp3) is 0.814. The number of amides is 1. The smallest absolute Gasteiger partial charge is 0.411 e. The molecule has 1 aromatic rings. The van der Waals surface area contributed by atoms with Crippen LogP contribution in [0.4, 0.5) is 10.5 Å². The van der Waals surface area contributed by atoms with Crippen LogP contribution in [0.15, 0.2) is 28.7 Å². The van der Waals surface area contributed by atoms with Crippen molar-refractivity contribution in [2.45, 2.75) is 172 Å². The number of halogens is 1. The van der Waals surface area contributed by atoms with Crippen molar-refractivity contribution in [3.05, 3.63) is 28.7 Å². The van der Waals surface area contributed by atoms with E-state index >= 15 is 0 Å². The molecule has 0 saturated carbocycles. The zero-order valence-electron chi connectivity index (χ0n) is 35.1. The number of carboxylic acid groups (broad SMARTS) is 1. The molecule has 0 radical (unpaired) electrons. The second-order valence-corrected chi connectivity index (χ2v) is 19.3. The van der Waals surface area contributed by atoms with Gasteiger partial charge in [0.2, 0.25) is 5.79 Å². The van der Waals surface area contributed by atoms with Crippen LogP contribution in [0.3, 0.4) is 0 Å². The van der Waals surface area contributed by atoms with Gasteiger partial charge in [-0.3, -0.25) is 10.1 Å². The number of anilines is 1. The summed E-state index contributed by atoms with van der Waals surface area (Å²) < 4.78 is 46.4. The number of benzene rings is 1.